The monoisotopic (exact) mass is 299 g/mol. The van der Waals surface area contributed by atoms with E-state index in [0.717, 1.165) is 19.5 Å². The van der Waals surface area contributed by atoms with Gasteiger partial charge in [0.2, 0.25) is 0 Å². The summed E-state index contributed by atoms with van der Waals surface area (Å²) in [6, 6.07) is 1.11. The lowest BCUT2D eigenvalue weighted by molar-refractivity contribution is 0.0299. The molecule has 0 bridgehead atoms. The van der Waals surface area contributed by atoms with Gasteiger partial charge in [0.1, 0.15) is 5.60 Å². The number of carbonyl (C=O) groups is 1. The van der Waals surface area contributed by atoms with E-state index < -0.39 is 5.60 Å². The Labute approximate surface area is 129 Å². The van der Waals surface area contributed by atoms with E-state index in [1.165, 1.54) is 19.3 Å². The average molecular weight is 299 g/mol. The molecule has 1 aliphatic rings. The van der Waals surface area contributed by atoms with E-state index in [1.807, 2.05) is 20.8 Å². The van der Waals surface area contributed by atoms with Gasteiger partial charge in [-0.15, -0.1) is 0 Å². The molecule has 0 aromatic heterocycles. The normalized spacial score (nSPS) is 20.9. The van der Waals surface area contributed by atoms with Crippen LogP contribution in [0.3, 0.4) is 0 Å². The van der Waals surface area contributed by atoms with E-state index in [-0.39, 0.29) is 6.09 Å². The SMILES string of the molecule is CC(CC1CCCCN1)NCCN(C)C(=O)OC(C)(C)C. The molecule has 0 aliphatic carbocycles. The zero-order valence-corrected chi connectivity index (χ0v) is 14.4. The lowest BCUT2D eigenvalue weighted by atomic mass is 9.99. The number of piperidine rings is 1. The number of rotatable bonds is 6. The summed E-state index contributed by atoms with van der Waals surface area (Å²) in [7, 11) is 1.78. The van der Waals surface area contributed by atoms with Crippen molar-refractivity contribution in [3.05, 3.63) is 0 Å². The summed E-state index contributed by atoms with van der Waals surface area (Å²) < 4.78 is 5.33. The van der Waals surface area contributed by atoms with E-state index in [2.05, 4.69) is 17.6 Å². The summed E-state index contributed by atoms with van der Waals surface area (Å²) in [5.41, 5.74) is -0.432. The van der Waals surface area contributed by atoms with Crippen LogP contribution in [0.5, 0.6) is 0 Å². The second-order valence-electron chi connectivity index (χ2n) is 7.14. The molecule has 5 nitrogen and oxygen atoms in total. The Morgan fingerprint density at radius 1 is 1.43 bits per heavy atom. The molecule has 2 atom stereocenters. The fraction of sp³-hybridized carbons (Fsp3) is 0.938. The van der Waals surface area contributed by atoms with Crippen LogP contribution in [0.4, 0.5) is 4.79 Å². The van der Waals surface area contributed by atoms with E-state index in [4.69, 9.17) is 4.74 Å². The number of hydrogen-bond donors (Lipinski definition) is 2. The van der Waals surface area contributed by atoms with Crippen molar-refractivity contribution in [2.24, 2.45) is 0 Å². The van der Waals surface area contributed by atoms with Gasteiger partial charge in [0.15, 0.2) is 0 Å². The van der Waals surface area contributed by atoms with Crippen LogP contribution in [-0.2, 0) is 4.74 Å². The van der Waals surface area contributed by atoms with E-state index in [0.29, 0.717) is 18.6 Å². The molecule has 1 saturated heterocycles. The Morgan fingerprint density at radius 2 is 2.14 bits per heavy atom. The highest BCUT2D eigenvalue weighted by Gasteiger charge is 2.19. The van der Waals surface area contributed by atoms with Gasteiger partial charge in [0.05, 0.1) is 0 Å². The first kappa shape index (κ1) is 18.2. The van der Waals surface area contributed by atoms with Crippen molar-refractivity contribution in [3.8, 4) is 0 Å². The summed E-state index contributed by atoms with van der Waals surface area (Å²) >= 11 is 0. The third kappa shape index (κ3) is 8.27. The maximum absolute atomic E-state index is 11.8. The highest BCUT2D eigenvalue weighted by atomic mass is 16.6. The second kappa shape index (κ2) is 8.59. The van der Waals surface area contributed by atoms with E-state index in [1.54, 1.807) is 11.9 Å². The van der Waals surface area contributed by atoms with Gasteiger partial charge in [-0.2, -0.15) is 0 Å². The fourth-order valence-corrected chi connectivity index (χ4v) is 2.55. The average Bonchev–Trinajstić information content (AvgIpc) is 2.37. The first-order valence-corrected chi connectivity index (χ1v) is 8.19. The molecule has 1 aliphatic heterocycles. The van der Waals surface area contributed by atoms with Crippen LogP contribution in [0.25, 0.3) is 0 Å². The molecule has 0 aromatic carbocycles. The van der Waals surface area contributed by atoms with Crippen LogP contribution < -0.4 is 10.6 Å². The van der Waals surface area contributed by atoms with Crippen molar-refractivity contribution in [3.63, 3.8) is 0 Å². The molecule has 2 unspecified atom stereocenters. The molecular weight excluding hydrogens is 266 g/mol. The quantitative estimate of drug-likeness (QED) is 0.790. The molecular formula is C16H33N3O2. The van der Waals surface area contributed by atoms with Gasteiger partial charge in [-0.25, -0.2) is 4.79 Å². The van der Waals surface area contributed by atoms with Crippen molar-refractivity contribution in [1.29, 1.82) is 0 Å². The number of hydrogen-bond acceptors (Lipinski definition) is 4. The predicted molar refractivity (Wildman–Crippen MR) is 86.6 cm³/mol. The minimum atomic E-state index is -0.432. The van der Waals surface area contributed by atoms with Crippen LogP contribution in [0.15, 0.2) is 0 Å². The molecule has 0 radical (unpaired) electrons. The number of amides is 1. The zero-order valence-electron chi connectivity index (χ0n) is 14.4. The third-order valence-electron chi connectivity index (χ3n) is 3.70. The molecule has 0 saturated carbocycles. The van der Waals surface area contributed by atoms with Crippen LogP contribution in [-0.4, -0.2) is 55.4 Å². The van der Waals surface area contributed by atoms with E-state index >= 15 is 0 Å². The minimum absolute atomic E-state index is 0.258. The summed E-state index contributed by atoms with van der Waals surface area (Å²) in [6.07, 6.45) is 4.82. The van der Waals surface area contributed by atoms with Crippen LogP contribution in [0.2, 0.25) is 0 Å². The van der Waals surface area contributed by atoms with Crippen molar-refractivity contribution in [1.82, 2.24) is 15.5 Å². The largest absolute Gasteiger partial charge is 0.444 e. The van der Waals surface area contributed by atoms with Gasteiger partial charge in [-0.1, -0.05) is 6.42 Å². The fourth-order valence-electron chi connectivity index (χ4n) is 2.55. The molecule has 5 heteroatoms. The van der Waals surface area contributed by atoms with Gasteiger partial charge in [0.25, 0.3) is 0 Å². The molecule has 1 amide bonds. The number of carbonyl (C=O) groups excluding carboxylic acids is 1. The molecule has 1 fully saturated rings. The summed E-state index contributed by atoms with van der Waals surface area (Å²) in [5.74, 6) is 0. The maximum atomic E-state index is 11.8. The van der Waals surface area contributed by atoms with Crippen molar-refractivity contribution < 1.29 is 9.53 Å². The number of likely N-dealkylation sites (N-methyl/N-ethyl adjacent to an activating group) is 1. The first-order valence-electron chi connectivity index (χ1n) is 8.19. The first-order chi connectivity index (χ1) is 9.78. The number of nitrogens with zero attached hydrogens (tertiary/aromatic N) is 1. The maximum Gasteiger partial charge on any atom is 0.410 e. The molecule has 124 valence electrons. The summed E-state index contributed by atoms with van der Waals surface area (Å²) in [4.78, 5) is 13.4. The standard InChI is InChI=1S/C16H33N3O2/c1-13(12-14-8-6-7-9-18-14)17-10-11-19(5)15(20)21-16(2,3)4/h13-14,17-18H,6-12H2,1-5H3. The zero-order chi connectivity index (χ0) is 15.9. The Hall–Kier alpha value is -0.810. The van der Waals surface area contributed by atoms with Crippen molar-refractivity contribution in [2.45, 2.75) is 71.1 Å². The molecule has 1 rings (SSSR count). The molecule has 0 spiro atoms. The lowest BCUT2D eigenvalue weighted by Gasteiger charge is -2.27. The molecule has 0 aromatic rings. The van der Waals surface area contributed by atoms with Crippen LogP contribution in [0, 0.1) is 0 Å². The number of ether oxygens (including phenoxy) is 1. The summed E-state index contributed by atoms with van der Waals surface area (Å²) in [6.45, 7) is 10.5. The third-order valence-corrected chi connectivity index (χ3v) is 3.70. The highest BCUT2D eigenvalue weighted by Crippen LogP contribution is 2.12. The van der Waals surface area contributed by atoms with Gasteiger partial charge in [0, 0.05) is 32.2 Å². The second-order valence-corrected chi connectivity index (χ2v) is 7.14. The number of nitrogens with one attached hydrogen (secondary N) is 2. The molecule has 1 heterocycles. The Morgan fingerprint density at radius 3 is 2.71 bits per heavy atom. The van der Waals surface area contributed by atoms with Crippen molar-refractivity contribution in [2.75, 3.05) is 26.7 Å². The van der Waals surface area contributed by atoms with Crippen molar-refractivity contribution >= 4 is 6.09 Å². The Bertz CT molecular complexity index is 309. The minimum Gasteiger partial charge on any atom is -0.444 e. The van der Waals surface area contributed by atoms with Crippen LogP contribution in [0.1, 0.15) is 53.4 Å². The van der Waals surface area contributed by atoms with Gasteiger partial charge < -0.3 is 20.3 Å². The summed E-state index contributed by atoms with van der Waals surface area (Å²) in [5, 5.41) is 7.06. The Kier molecular flexibility index (Phi) is 7.46. The smallest absolute Gasteiger partial charge is 0.410 e. The highest BCUT2D eigenvalue weighted by molar-refractivity contribution is 5.67. The van der Waals surface area contributed by atoms with Gasteiger partial charge in [-0.05, 0) is 53.5 Å². The van der Waals surface area contributed by atoms with Gasteiger partial charge >= 0.3 is 6.09 Å². The van der Waals surface area contributed by atoms with Crippen LogP contribution >= 0.6 is 0 Å². The predicted octanol–water partition coefficient (Wildman–Crippen LogP) is 2.36. The van der Waals surface area contributed by atoms with Gasteiger partial charge in [-0.3, -0.25) is 0 Å². The molecule has 2 N–H and O–H groups in total. The van der Waals surface area contributed by atoms with E-state index in [9.17, 15) is 4.79 Å². The Balaban J connectivity index is 2.15. The lowest BCUT2D eigenvalue weighted by Crippen LogP contribution is -2.43. The molecule has 21 heavy (non-hydrogen) atoms. The topological polar surface area (TPSA) is 53.6 Å².